The van der Waals surface area contributed by atoms with Gasteiger partial charge in [0.15, 0.2) is 0 Å². The Balaban J connectivity index is 1.69. The molecule has 0 saturated carbocycles. The van der Waals surface area contributed by atoms with Crippen LogP contribution in [0.25, 0.3) is 21.5 Å². The van der Waals surface area contributed by atoms with Crippen molar-refractivity contribution >= 4 is 38.2 Å². The smallest absolute Gasteiger partial charge is 0.242 e. The molecule has 0 atom stereocenters. The van der Waals surface area contributed by atoms with Gasteiger partial charge in [-0.3, -0.25) is 0 Å². The Hall–Kier alpha value is -3.35. The molecular formula is C34H34O2Si2. The Kier molecular flexibility index (Phi) is 5.05. The van der Waals surface area contributed by atoms with Crippen molar-refractivity contribution in [3.8, 4) is 11.5 Å². The average Bonchev–Trinajstić information content (AvgIpc) is 2.88. The predicted octanol–water partition coefficient (Wildman–Crippen LogP) is 9.41. The summed E-state index contributed by atoms with van der Waals surface area (Å²) in [6, 6.07) is 31.4. The molecule has 3 aliphatic carbocycles. The SMILES string of the molecule is C[Si](C)(C)Oc1c2c(c(O[Si](C)(C)C)c3cc4ccccc4cc13)C1c3ccccc3C2c2ccccc21. The van der Waals surface area contributed by atoms with Gasteiger partial charge < -0.3 is 8.85 Å². The second-order valence-electron chi connectivity index (χ2n) is 12.8. The van der Waals surface area contributed by atoms with E-state index in [-0.39, 0.29) is 11.8 Å². The van der Waals surface area contributed by atoms with E-state index < -0.39 is 16.6 Å². The molecule has 0 fully saturated rings. The third kappa shape index (κ3) is 3.58. The Morgan fingerprint density at radius 2 is 0.789 bits per heavy atom. The van der Waals surface area contributed by atoms with E-state index >= 15 is 0 Å². The molecule has 0 amide bonds. The molecule has 0 radical (unpaired) electrons. The van der Waals surface area contributed by atoms with Gasteiger partial charge in [-0.1, -0.05) is 72.8 Å². The molecule has 8 rings (SSSR count). The van der Waals surface area contributed by atoms with Crippen molar-refractivity contribution in [3.05, 3.63) is 118 Å². The minimum absolute atomic E-state index is 0.133. The quantitative estimate of drug-likeness (QED) is 0.167. The van der Waals surface area contributed by atoms with Gasteiger partial charge in [-0.15, -0.1) is 0 Å². The van der Waals surface area contributed by atoms with Gasteiger partial charge in [0.25, 0.3) is 0 Å². The van der Waals surface area contributed by atoms with Crippen LogP contribution in [0, 0.1) is 0 Å². The molecule has 0 heterocycles. The largest absolute Gasteiger partial charge is 0.544 e. The zero-order chi connectivity index (χ0) is 26.4. The van der Waals surface area contributed by atoms with Gasteiger partial charge in [0.1, 0.15) is 11.5 Å². The van der Waals surface area contributed by atoms with Gasteiger partial charge in [-0.25, -0.2) is 0 Å². The summed E-state index contributed by atoms with van der Waals surface area (Å²) in [4.78, 5) is 0. The zero-order valence-corrected chi connectivity index (χ0v) is 25.1. The molecule has 2 nitrogen and oxygen atoms in total. The van der Waals surface area contributed by atoms with Crippen LogP contribution in [0.5, 0.6) is 11.5 Å². The van der Waals surface area contributed by atoms with E-state index in [4.69, 9.17) is 8.85 Å². The number of rotatable bonds is 4. The summed E-state index contributed by atoms with van der Waals surface area (Å²) < 4.78 is 14.2. The maximum atomic E-state index is 7.12. The molecule has 0 aliphatic heterocycles. The summed E-state index contributed by atoms with van der Waals surface area (Å²) in [5.41, 5.74) is 8.27. The summed E-state index contributed by atoms with van der Waals surface area (Å²) in [7, 11) is -3.90. The van der Waals surface area contributed by atoms with Crippen LogP contribution < -0.4 is 8.85 Å². The Morgan fingerprint density at radius 1 is 0.474 bits per heavy atom. The molecule has 190 valence electrons. The van der Waals surface area contributed by atoms with Crippen molar-refractivity contribution in [3.63, 3.8) is 0 Å². The molecule has 2 bridgehead atoms. The van der Waals surface area contributed by atoms with Gasteiger partial charge in [0, 0.05) is 33.7 Å². The van der Waals surface area contributed by atoms with Crippen LogP contribution in [-0.2, 0) is 0 Å². The Bertz CT molecular complexity index is 1580. The van der Waals surface area contributed by atoms with E-state index in [1.807, 2.05) is 0 Å². The van der Waals surface area contributed by atoms with Gasteiger partial charge in [-0.05, 0) is 84.4 Å². The van der Waals surface area contributed by atoms with E-state index in [9.17, 15) is 0 Å². The summed E-state index contributed by atoms with van der Waals surface area (Å²) in [5, 5.41) is 4.84. The van der Waals surface area contributed by atoms with Crippen molar-refractivity contribution in [2.24, 2.45) is 0 Å². The van der Waals surface area contributed by atoms with E-state index in [1.54, 1.807) is 0 Å². The zero-order valence-electron chi connectivity index (χ0n) is 23.1. The second kappa shape index (κ2) is 8.08. The van der Waals surface area contributed by atoms with Crippen LogP contribution in [0.2, 0.25) is 39.3 Å². The topological polar surface area (TPSA) is 18.5 Å². The van der Waals surface area contributed by atoms with Crippen molar-refractivity contribution < 1.29 is 8.85 Å². The average molecular weight is 531 g/mol. The molecule has 0 N–H and O–H groups in total. The van der Waals surface area contributed by atoms with Gasteiger partial charge in [0.2, 0.25) is 16.6 Å². The standard InChI is InChI=1S/C34H34O2Si2/c1-37(2,3)35-33-27-19-21-13-7-8-14-22(21)20-28(27)34(36-38(4,5)6)32-30-25-17-11-9-15-23(25)29(31(32)33)24-16-10-12-18-26(24)30/h7-20,29-30H,1-6H3. The molecule has 0 spiro atoms. The van der Waals surface area contributed by atoms with Crippen LogP contribution in [0.1, 0.15) is 45.2 Å². The van der Waals surface area contributed by atoms with Gasteiger partial charge in [-0.2, -0.15) is 0 Å². The molecule has 38 heavy (non-hydrogen) atoms. The lowest BCUT2D eigenvalue weighted by Gasteiger charge is -2.45. The third-order valence-electron chi connectivity index (χ3n) is 7.78. The molecule has 5 aromatic carbocycles. The summed E-state index contributed by atoms with van der Waals surface area (Å²) in [5.74, 6) is 2.41. The van der Waals surface area contributed by atoms with Crippen molar-refractivity contribution in [1.29, 1.82) is 0 Å². The first kappa shape index (κ1) is 23.7. The highest BCUT2D eigenvalue weighted by Crippen LogP contribution is 2.62. The van der Waals surface area contributed by atoms with Crippen LogP contribution in [0.3, 0.4) is 0 Å². The molecule has 0 saturated heterocycles. The summed E-state index contributed by atoms with van der Waals surface area (Å²) in [6.45, 7) is 13.8. The van der Waals surface area contributed by atoms with Crippen LogP contribution in [0.15, 0.2) is 84.9 Å². The van der Waals surface area contributed by atoms with Crippen LogP contribution in [-0.4, -0.2) is 16.6 Å². The fraction of sp³-hybridized carbons (Fsp3) is 0.235. The molecule has 5 aromatic rings. The normalized spacial score (nSPS) is 17.7. The van der Waals surface area contributed by atoms with Crippen molar-refractivity contribution in [1.82, 2.24) is 0 Å². The van der Waals surface area contributed by atoms with E-state index in [1.165, 1.54) is 54.9 Å². The number of hydrogen-bond donors (Lipinski definition) is 0. The maximum absolute atomic E-state index is 7.12. The summed E-state index contributed by atoms with van der Waals surface area (Å²) in [6.07, 6.45) is 0. The van der Waals surface area contributed by atoms with Crippen molar-refractivity contribution in [2.45, 2.75) is 51.1 Å². The highest BCUT2D eigenvalue weighted by atomic mass is 28.4. The first-order valence-electron chi connectivity index (χ1n) is 13.7. The first-order valence-corrected chi connectivity index (χ1v) is 20.5. The van der Waals surface area contributed by atoms with E-state index in [0.717, 1.165) is 11.5 Å². The Labute approximate surface area is 227 Å². The summed E-state index contributed by atoms with van der Waals surface area (Å²) >= 11 is 0. The molecule has 0 aromatic heterocycles. The van der Waals surface area contributed by atoms with Gasteiger partial charge >= 0.3 is 0 Å². The lowest BCUT2D eigenvalue weighted by atomic mass is 9.60. The van der Waals surface area contributed by atoms with Gasteiger partial charge in [0.05, 0.1) is 0 Å². The van der Waals surface area contributed by atoms with Crippen LogP contribution in [0.4, 0.5) is 0 Å². The lowest BCUT2D eigenvalue weighted by molar-refractivity contribution is 0.525. The number of benzene rings is 5. The lowest BCUT2D eigenvalue weighted by Crippen LogP contribution is -2.35. The minimum Gasteiger partial charge on any atom is -0.544 e. The maximum Gasteiger partial charge on any atom is 0.242 e. The number of hydrogen-bond acceptors (Lipinski definition) is 2. The third-order valence-corrected chi connectivity index (χ3v) is 9.42. The highest BCUT2D eigenvalue weighted by molar-refractivity contribution is 6.71. The van der Waals surface area contributed by atoms with Crippen LogP contribution >= 0.6 is 0 Å². The van der Waals surface area contributed by atoms with Crippen molar-refractivity contribution in [2.75, 3.05) is 0 Å². The minimum atomic E-state index is -1.95. The molecule has 3 aliphatic rings. The first-order chi connectivity index (χ1) is 18.1. The second-order valence-corrected chi connectivity index (χ2v) is 21.6. The number of fused-ring (bicyclic) bond motifs is 2. The predicted molar refractivity (Wildman–Crippen MR) is 164 cm³/mol. The highest BCUT2D eigenvalue weighted by Gasteiger charge is 2.46. The monoisotopic (exact) mass is 530 g/mol. The fourth-order valence-corrected chi connectivity index (χ4v) is 8.25. The van der Waals surface area contributed by atoms with E-state index in [2.05, 4.69) is 124 Å². The molecular weight excluding hydrogens is 497 g/mol. The Morgan fingerprint density at radius 3 is 1.11 bits per heavy atom. The molecule has 0 unspecified atom stereocenters. The molecule has 4 heteroatoms. The fourth-order valence-electron chi connectivity index (χ4n) is 6.59. The van der Waals surface area contributed by atoms with E-state index in [0.29, 0.717) is 0 Å².